The summed E-state index contributed by atoms with van der Waals surface area (Å²) in [6.07, 6.45) is 3.37. The zero-order valence-corrected chi connectivity index (χ0v) is 14.0. The lowest BCUT2D eigenvalue weighted by molar-refractivity contribution is 0.0942. The quantitative estimate of drug-likeness (QED) is 0.572. The van der Waals surface area contributed by atoms with Crippen LogP contribution >= 0.6 is 12.2 Å². The minimum absolute atomic E-state index is 0.113. The van der Waals surface area contributed by atoms with Crippen molar-refractivity contribution >= 4 is 23.2 Å². The summed E-state index contributed by atoms with van der Waals surface area (Å²) in [6.45, 7) is 4.40. The molecule has 0 heterocycles. The molecule has 126 valence electrons. The van der Waals surface area contributed by atoms with Crippen molar-refractivity contribution in [2.24, 2.45) is 11.8 Å². The second kappa shape index (κ2) is 7.68. The summed E-state index contributed by atoms with van der Waals surface area (Å²) in [5.74, 6) is -1.16. The van der Waals surface area contributed by atoms with Crippen molar-refractivity contribution in [1.29, 1.82) is 0 Å². The average Bonchev–Trinajstić information content (AvgIpc) is 2.48. The second-order valence-electron chi connectivity index (χ2n) is 6.08. The van der Waals surface area contributed by atoms with Gasteiger partial charge in [-0.3, -0.25) is 15.6 Å². The first kappa shape index (κ1) is 17.6. The maximum Gasteiger partial charge on any atom is 0.269 e. The van der Waals surface area contributed by atoms with Crippen LogP contribution in [0.25, 0.3) is 0 Å². The van der Waals surface area contributed by atoms with Crippen molar-refractivity contribution in [3.05, 3.63) is 35.4 Å². The third-order valence-corrected chi connectivity index (χ3v) is 4.66. The lowest BCUT2D eigenvalue weighted by Gasteiger charge is -2.35. The van der Waals surface area contributed by atoms with E-state index in [1.54, 1.807) is 0 Å². The lowest BCUT2D eigenvalue weighted by Crippen LogP contribution is -2.52. The molecular weight excluding hydrogens is 320 g/mol. The van der Waals surface area contributed by atoms with Gasteiger partial charge in [0, 0.05) is 17.7 Å². The van der Waals surface area contributed by atoms with E-state index in [4.69, 9.17) is 12.2 Å². The molecule has 1 aliphatic rings. The molecule has 1 amide bonds. The smallest absolute Gasteiger partial charge is 0.269 e. The Morgan fingerprint density at radius 3 is 2.43 bits per heavy atom. The molecule has 1 aromatic rings. The molecule has 0 saturated heterocycles. The zero-order valence-electron chi connectivity index (χ0n) is 13.2. The van der Waals surface area contributed by atoms with E-state index in [9.17, 15) is 13.6 Å². The van der Waals surface area contributed by atoms with Crippen LogP contribution in [0.1, 0.15) is 43.5 Å². The van der Waals surface area contributed by atoms with Crippen molar-refractivity contribution < 1.29 is 13.6 Å². The second-order valence-corrected chi connectivity index (χ2v) is 6.49. The van der Waals surface area contributed by atoms with Crippen molar-refractivity contribution in [3.8, 4) is 0 Å². The van der Waals surface area contributed by atoms with Gasteiger partial charge in [-0.05, 0) is 42.6 Å². The first-order chi connectivity index (χ1) is 10.9. The summed E-state index contributed by atoms with van der Waals surface area (Å²) in [7, 11) is 0. The van der Waals surface area contributed by atoms with Crippen LogP contribution in [0.15, 0.2) is 18.2 Å². The van der Waals surface area contributed by atoms with Crippen LogP contribution < -0.4 is 16.2 Å². The van der Waals surface area contributed by atoms with Crippen molar-refractivity contribution in [1.82, 2.24) is 16.2 Å². The number of thiocarbonyl (C=S) groups is 1. The fraction of sp³-hybridized carbons (Fsp3) is 0.500. The molecule has 4 nitrogen and oxygen atoms in total. The molecule has 1 aliphatic carbocycles. The van der Waals surface area contributed by atoms with Crippen LogP contribution in [0.2, 0.25) is 0 Å². The molecule has 7 heteroatoms. The molecule has 0 radical (unpaired) electrons. The van der Waals surface area contributed by atoms with Gasteiger partial charge < -0.3 is 5.32 Å². The highest BCUT2D eigenvalue weighted by Crippen LogP contribution is 2.29. The number of benzene rings is 1. The molecule has 1 fully saturated rings. The van der Waals surface area contributed by atoms with Crippen LogP contribution in [-0.2, 0) is 0 Å². The molecule has 3 atom stereocenters. The Bertz CT molecular complexity index is 576. The molecule has 0 spiro atoms. The van der Waals surface area contributed by atoms with Crippen LogP contribution in [0.3, 0.4) is 0 Å². The summed E-state index contributed by atoms with van der Waals surface area (Å²) in [5, 5.41) is 3.48. The summed E-state index contributed by atoms with van der Waals surface area (Å²) in [5.41, 5.74) is 4.81. The van der Waals surface area contributed by atoms with Gasteiger partial charge >= 0.3 is 0 Å². The molecule has 0 aromatic heterocycles. The monoisotopic (exact) mass is 341 g/mol. The van der Waals surface area contributed by atoms with E-state index < -0.39 is 17.5 Å². The highest BCUT2D eigenvalue weighted by atomic mass is 32.1. The largest absolute Gasteiger partial charge is 0.358 e. The molecular formula is C16H21F2N3OS. The van der Waals surface area contributed by atoms with Gasteiger partial charge in [-0.2, -0.15) is 0 Å². The van der Waals surface area contributed by atoms with E-state index in [-0.39, 0.29) is 11.6 Å². The van der Waals surface area contributed by atoms with Crippen LogP contribution in [0.4, 0.5) is 8.78 Å². The summed E-state index contributed by atoms with van der Waals surface area (Å²) in [4.78, 5) is 11.9. The van der Waals surface area contributed by atoms with Gasteiger partial charge in [-0.1, -0.05) is 26.7 Å². The van der Waals surface area contributed by atoms with E-state index in [0.29, 0.717) is 23.0 Å². The number of hydrazine groups is 1. The highest BCUT2D eigenvalue weighted by Gasteiger charge is 2.27. The number of carbonyl (C=O) groups excluding carboxylic acids is 1. The maximum absolute atomic E-state index is 13.1. The fourth-order valence-corrected chi connectivity index (χ4v) is 3.06. The molecule has 1 saturated carbocycles. The minimum Gasteiger partial charge on any atom is -0.358 e. The molecule has 0 bridgehead atoms. The van der Waals surface area contributed by atoms with Gasteiger partial charge in [0.05, 0.1) is 0 Å². The number of rotatable bonds is 2. The topological polar surface area (TPSA) is 53.2 Å². The number of hydrogen-bond acceptors (Lipinski definition) is 2. The third-order valence-electron chi connectivity index (χ3n) is 4.44. The molecule has 2 rings (SSSR count). The Kier molecular flexibility index (Phi) is 5.87. The molecule has 23 heavy (non-hydrogen) atoms. The number of nitrogens with one attached hydrogen (secondary N) is 3. The van der Waals surface area contributed by atoms with Crippen LogP contribution in [0, 0.1) is 23.5 Å². The van der Waals surface area contributed by atoms with Crippen LogP contribution in [-0.4, -0.2) is 17.1 Å². The summed E-state index contributed by atoms with van der Waals surface area (Å²) < 4.78 is 26.2. The predicted molar refractivity (Wildman–Crippen MR) is 88.7 cm³/mol. The van der Waals surface area contributed by atoms with Gasteiger partial charge in [0.25, 0.3) is 5.91 Å². The third kappa shape index (κ3) is 4.86. The fourth-order valence-electron chi connectivity index (χ4n) is 2.86. The standard InChI is InChI=1S/C16H21F2N3OS/c1-9-4-3-5-14(10(9)2)19-16(23)21-20-15(22)11-6-12(17)8-13(18)7-11/h6-10,14H,3-5H2,1-2H3,(H,20,22)(H2,19,21,23)/t9-,10+,14-/m0/s1. The Labute approximate surface area is 140 Å². The van der Waals surface area contributed by atoms with Gasteiger partial charge in [0.15, 0.2) is 5.11 Å². The number of hydrogen-bond donors (Lipinski definition) is 3. The highest BCUT2D eigenvalue weighted by molar-refractivity contribution is 7.80. The molecule has 0 unspecified atom stereocenters. The van der Waals surface area contributed by atoms with Gasteiger partial charge in [-0.15, -0.1) is 0 Å². The van der Waals surface area contributed by atoms with Gasteiger partial charge in [0.1, 0.15) is 11.6 Å². The van der Waals surface area contributed by atoms with E-state index in [0.717, 1.165) is 25.0 Å². The van der Waals surface area contributed by atoms with Crippen LogP contribution in [0.5, 0.6) is 0 Å². The van der Waals surface area contributed by atoms with Crippen molar-refractivity contribution in [2.75, 3.05) is 0 Å². The van der Waals surface area contributed by atoms with E-state index in [1.807, 2.05) is 0 Å². The van der Waals surface area contributed by atoms with Gasteiger partial charge in [-0.25, -0.2) is 8.78 Å². The lowest BCUT2D eigenvalue weighted by atomic mass is 9.78. The average molecular weight is 341 g/mol. The summed E-state index contributed by atoms with van der Waals surface area (Å²) in [6, 6.07) is 2.88. The molecule has 1 aromatic carbocycles. The Hall–Kier alpha value is -1.76. The number of halogens is 2. The Balaban J connectivity index is 1.85. The number of amides is 1. The first-order valence-electron chi connectivity index (χ1n) is 7.69. The summed E-state index contributed by atoms with van der Waals surface area (Å²) >= 11 is 5.16. The van der Waals surface area contributed by atoms with E-state index >= 15 is 0 Å². The normalized spacial score (nSPS) is 23.9. The SMILES string of the molecule is C[C@H]1[C@@H](NC(=S)NNC(=O)c2cc(F)cc(F)c2)CCC[C@@H]1C. The molecule has 0 aliphatic heterocycles. The van der Waals surface area contributed by atoms with E-state index in [2.05, 4.69) is 30.0 Å². The van der Waals surface area contributed by atoms with Crippen molar-refractivity contribution in [3.63, 3.8) is 0 Å². The Morgan fingerprint density at radius 1 is 1.13 bits per heavy atom. The van der Waals surface area contributed by atoms with E-state index in [1.165, 1.54) is 6.42 Å². The first-order valence-corrected chi connectivity index (χ1v) is 8.10. The number of carbonyl (C=O) groups is 1. The minimum atomic E-state index is -0.805. The predicted octanol–water partition coefficient (Wildman–Crippen LogP) is 2.90. The zero-order chi connectivity index (χ0) is 17.0. The van der Waals surface area contributed by atoms with Gasteiger partial charge in [0.2, 0.25) is 0 Å². The Morgan fingerprint density at radius 2 is 1.78 bits per heavy atom. The van der Waals surface area contributed by atoms with Crippen molar-refractivity contribution in [2.45, 2.75) is 39.2 Å². The maximum atomic E-state index is 13.1. The molecule has 3 N–H and O–H groups in total.